The first-order chi connectivity index (χ1) is 29.3. The van der Waals surface area contributed by atoms with Crippen molar-refractivity contribution in [2.24, 2.45) is 0 Å². The number of rotatable bonds is 44. The lowest BCUT2D eigenvalue weighted by Gasteiger charge is -2.22. The van der Waals surface area contributed by atoms with Gasteiger partial charge in [0.05, 0.1) is 25.9 Å². The van der Waals surface area contributed by atoms with Crippen LogP contribution in [0.15, 0.2) is 0 Å². The van der Waals surface area contributed by atoms with Gasteiger partial charge in [0.1, 0.15) is 12.1 Å². The number of nitrogens with zero attached hydrogens (tertiary/aromatic N) is 2. The molecule has 1 fully saturated rings. The number of hydrogen-bond donors (Lipinski definition) is 0. The largest absolute Gasteiger partial charge is 0.466 e. The van der Waals surface area contributed by atoms with E-state index in [9.17, 15) is 14.4 Å². The van der Waals surface area contributed by atoms with Gasteiger partial charge < -0.3 is 23.8 Å². The zero-order valence-corrected chi connectivity index (χ0v) is 40.3. The molecule has 0 amide bonds. The molecule has 1 rings (SSSR count). The number of hydrogen-bond acceptors (Lipinski definition) is 9. The highest BCUT2D eigenvalue weighted by atomic mass is 16.5. The lowest BCUT2D eigenvalue weighted by atomic mass is 10.0. The van der Waals surface area contributed by atoms with Crippen molar-refractivity contribution in [3.8, 4) is 0 Å². The zero-order chi connectivity index (χ0) is 43.7. The van der Waals surface area contributed by atoms with Crippen molar-refractivity contribution >= 4 is 17.9 Å². The fourth-order valence-electron chi connectivity index (χ4n) is 8.29. The Hall–Kier alpha value is -1.71. The fraction of sp³-hybridized carbons (Fsp3) is 0.941. The van der Waals surface area contributed by atoms with Gasteiger partial charge in [0.15, 0.2) is 0 Å². The molecule has 1 heterocycles. The Labute approximate surface area is 370 Å². The van der Waals surface area contributed by atoms with Crippen molar-refractivity contribution in [1.82, 2.24) is 9.80 Å². The quantitative estimate of drug-likeness (QED) is 0.0337. The topological polar surface area (TPSA) is 94.6 Å². The van der Waals surface area contributed by atoms with E-state index in [2.05, 4.69) is 30.6 Å². The second kappa shape index (κ2) is 41.3. The van der Waals surface area contributed by atoms with E-state index >= 15 is 0 Å². The number of unbranched alkanes of at least 4 members (excludes halogenated alkanes) is 24. The van der Waals surface area contributed by atoms with Crippen LogP contribution in [0.1, 0.15) is 239 Å². The molecule has 0 aromatic rings. The van der Waals surface area contributed by atoms with Crippen molar-refractivity contribution in [2.75, 3.05) is 53.6 Å². The first kappa shape index (κ1) is 56.3. The molecule has 1 aliphatic rings. The van der Waals surface area contributed by atoms with E-state index in [1.807, 2.05) is 14.1 Å². The number of likely N-dealkylation sites (N-methyl/N-ethyl adjacent to an activating group) is 1. The molecule has 1 unspecified atom stereocenters. The van der Waals surface area contributed by atoms with Gasteiger partial charge in [-0.15, -0.1) is 0 Å². The molecule has 1 saturated heterocycles. The summed E-state index contributed by atoms with van der Waals surface area (Å²) in [5.41, 5.74) is 0. The number of carbonyl (C=O) groups excluding carboxylic acids is 3. The molecule has 2 atom stereocenters. The minimum atomic E-state index is -0.285. The summed E-state index contributed by atoms with van der Waals surface area (Å²) in [6.45, 7) is 10.7. The summed E-state index contributed by atoms with van der Waals surface area (Å²) < 4.78 is 23.5. The van der Waals surface area contributed by atoms with Crippen molar-refractivity contribution < 1.29 is 33.3 Å². The third-order valence-corrected chi connectivity index (χ3v) is 12.2. The Balaban J connectivity index is 2.31. The van der Waals surface area contributed by atoms with E-state index in [-0.39, 0.29) is 36.2 Å². The van der Waals surface area contributed by atoms with E-state index in [1.54, 1.807) is 0 Å². The van der Waals surface area contributed by atoms with Crippen molar-refractivity contribution in [3.63, 3.8) is 0 Å². The van der Waals surface area contributed by atoms with Crippen LogP contribution in [0, 0.1) is 0 Å². The van der Waals surface area contributed by atoms with Crippen LogP contribution in [0.5, 0.6) is 0 Å². The number of esters is 3. The maximum atomic E-state index is 13.3. The normalized spacial score (nSPS) is 15.7. The molecule has 0 spiro atoms. The van der Waals surface area contributed by atoms with Crippen LogP contribution in [-0.4, -0.2) is 99.5 Å². The number of ether oxygens (including phenoxy) is 4. The SMILES string of the molecule is CCCCCCCCCCCOC(=O)CCCCCN1CC(OCCN(C)C)C[C@H]1C(=O)OCCCCCCCC(=O)OC(CCCCCCCC)CCCCCCCC. The predicted molar refractivity (Wildman–Crippen MR) is 249 cm³/mol. The van der Waals surface area contributed by atoms with Gasteiger partial charge in [-0.25, -0.2) is 0 Å². The average Bonchev–Trinajstić information content (AvgIpc) is 3.64. The molecule has 9 heteroatoms. The van der Waals surface area contributed by atoms with Gasteiger partial charge in [-0.3, -0.25) is 19.3 Å². The molecule has 0 bridgehead atoms. The van der Waals surface area contributed by atoms with E-state index in [1.165, 1.54) is 109 Å². The molecule has 0 aromatic carbocycles. The lowest BCUT2D eigenvalue weighted by molar-refractivity contribution is -0.150. The highest BCUT2D eigenvalue weighted by Gasteiger charge is 2.38. The van der Waals surface area contributed by atoms with Crippen LogP contribution in [0.4, 0.5) is 0 Å². The third-order valence-electron chi connectivity index (χ3n) is 12.2. The summed E-state index contributed by atoms with van der Waals surface area (Å²) >= 11 is 0. The van der Waals surface area contributed by atoms with Gasteiger partial charge in [-0.1, -0.05) is 162 Å². The van der Waals surface area contributed by atoms with Crippen molar-refractivity contribution in [1.29, 1.82) is 0 Å². The second-order valence-electron chi connectivity index (χ2n) is 18.3. The minimum absolute atomic E-state index is 0.0200. The van der Waals surface area contributed by atoms with Gasteiger partial charge in [0.2, 0.25) is 0 Å². The first-order valence-corrected chi connectivity index (χ1v) is 25.8. The van der Waals surface area contributed by atoms with Crippen LogP contribution in [0.2, 0.25) is 0 Å². The molecular formula is C51H98N2O7. The van der Waals surface area contributed by atoms with Crippen molar-refractivity contribution in [2.45, 2.75) is 257 Å². The molecule has 0 aliphatic carbocycles. The van der Waals surface area contributed by atoms with Crippen LogP contribution >= 0.6 is 0 Å². The average molecular weight is 851 g/mol. The molecule has 60 heavy (non-hydrogen) atoms. The van der Waals surface area contributed by atoms with Gasteiger partial charge in [0.25, 0.3) is 0 Å². The maximum Gasteiger partial charge on any atom is 0.323 e. The Morgan fingerprint density at radius 2 is 0.983 bits per heavy atom. The second-order valence-corrected chi connectivity index (χ2v) is 18.3. The Morgan fingerprint density at radius 1 is 0.533 bits per heavy atom. The molecule has 0 saturated carbocycles. The van der Waals surface area contributed by atoms with Crippen LogP contribution in [-0.2, 0) is 33.3 Å². The molecule has 1 aliphatic heterocycles. The van der Waals surface area contributed by atoms with E-state index < -0.39 is 0 Å². The summed E-state index contributed by atoms with van der Waals surface area (Å²) in [5.74, 6) is -0.263. The highest BCUT2D eigenvalue weighted by molar-refractivity contribution is 5.76. The summed E-state index contributed by atoms with van der Waals surface area (Å²) in [6, 6.07) is -0.285. The molecule has 0 radical (unpaired) electrons. The van der Waals surface area contributed by atoms with Crippen LogP contribution in [0.3, 0.4) is 0 Å². The summed E-state index contributed by atoms with van der Waals surface area (Å²) in [4.78, 5) is 42.7. The Morgan fingerprint density at radius 3 is 1.52 bits per heavy atom. The Kier molecular flexibility index (Phi) is 38.8. The smallest absolute Gasteiger partial charge is 0.323 e. The fourth-order valence-corrected chi connectivity index (χ4v) is 8.29. The summed E-state index contributed by atoms with van der Waals surface area (Å²) in [5, 5.41) is 0. The monoisotopic (exact) mass is 851 g/mol. The van der Waals surface area contributed by atoms with Crippen LogP contribution in [0.25, 0.3) is 0 Å². The van der Waals surface area contributed by atoms with Gasteiger partial charge in [-0.2, -0.15) is 0 Å². The zero-order valence-electron chi connectivity index (χ0n) is 40.3. The van der Waals surface area contributed by atoms with E-state index in [0.717, 1.165) is 110 Å². The number of likely N-dealkylation sites (tertiary alicyclic amines) is 1. The first-order valence-electron chi connectivity index (χ1n) is 25.8. The van der Waals surface area contributed by atoms with Crippen molar-refractivity contribution in [3.05, 3.63) is 0 Å². The van der Waals surface area contributed by atoms with Gasteiger partial charge in [-0.05, 0) is 78.4 Å². The molecule has 354 valence electrons. The van der Waals surface area contributed by atoms with Gasteiger partial charge >= 0.3 is 17.9 Å². The summed E-state index contributed by atoms with van der Waals surface area (Å²) in [6.07, 6.45) is 37.5. The minimum Gasteiger partial charge on any atom is -0.466 e. The number of carbonyl (C=O) groups is 3. The molecule has 9 nitrogen and oxygen atoms in total. The Bertz CT molecular complexity index is 979. The third kappa shape index (κ3) is 33.9. The van der Waals surface area contributed by atoms with Crippen LogP contribution < -0.4 is 0 Å². The summed E-state index contributed by atoms with van der Waals surface area (Å²) in [7, 11) is 4.08. The molecular weight excluding hydrogens is 753 g/mol. The standard InChI is InChI=1S/C51H98N2O7/c1-6-9-12-15-18-19-20-25-33-41-58-49(54)37-31-27-32-39-53-45-47(57-43-40-52(4)5)44-48(53)51(56)59-42-34-26-21-24-30-38-50(55)60-46(35-28-22-16-13-10-7-2)36-29-23-17-14-11-8-3/h46-48H,6-45H2,1-5H3/t47?,48-/m0/s1. The molecule has 0 aromatic heterocycles. The molecule has 0 N–H and O–H groups in total. The highest BCUT2D eigenvalue weighted by Crippen LogP contribution is 2.23. The van der Waals surface area contributed by atoms with E-state index in [0.29, 0.717) is 39.1 Å². The van der Waals surface area contributed by atoms with E-state index in [4.69, 9.17) is 18.9 Å². The lowest BCUT2D eigenvalue weighted by Crippen LogP contribution is -2.38. The van der Waals surface area contributed by atoms with Gasteiger partial charge in [0, 0.05) is 32.4 Å². The predicted octanol–water partition coefficient (Wildman–Crippen LogP) is 12.9. The maximum absolute atomic E-state index is 13.3.